The normalized spacial score (nSPS) is 17.7. The molecular formula is C43H60N8O12. The van der Waals surface area contributed by atoms with Crippen LogP contribution in [0.5, 0.6) is 5.75 Å². The van der Waals surface area contributed by atoms with E-state index in [0.717, 1.165) is 11.8 Å². The maximum atomic E-state index is 13.6. The van der Waals surface area contributed by atoms with Crippen LogP contribution in [0.25, 0.3) is 0 Å². The smallest absolute Gasteiger partial charge is 0.248 e. The number of nitrogens with one attached hydrogen (secondary N) is 7. The molecule has 0 spiro atoms. The first-order valence-electron chi connectivity index (χ1n) is 20.7. The van der Waals surface area contributed by atoms with E-state index in [2.05, 4.69) is 37.2 Å². The summed E-state index contributed by atoms with van der Waals surface area (Å²) >= 11 is 0. The molecule has 1 fully saturated rings. The van der Waals surface area contributed by atoms with Gasteiger partial charge in [0, 0.05) is 19.9 Å². The van der Waals surface area contributed by atoms with Gasteiger partial charge in [-0.05, 0) is 84.1 Å². The Bertz CT molecular complexity index is 1960. The van der Waals surface area contributed by atoms with Crippen molar-refractivity contribution in [3.63, 3.8) is 0 Å². The fourth-order valence-corrected chi connectivity index (χ4v) is 6.71. The summed E-state index contributed by atoms with van der Waals surface area (Å²) in [6, 6.07) is 5.05. The minimum atomic E-state index is -1.55. The number of Topliss-reactive ketones (excluding diaryl/α,β-unsaturated/α-hetero) is 1. The predicted octanol–water partition coefficient (Wildman–Crippen LogP) is -2.01. The van der Waals surface area contributed by atoms with E-state index in [1.165, 1.54) is 53.7 Å². The van der Waals surface area contributed by atoms with Gasteiger partial charge in [-0.3, -0.25) is 43.2 Å². The molecular weight excluding hydrogens is 821 g/mol. The molecule has 344 valence electrons. The third-order valence-corrected chi connectivity index (χ3v) is 10.4. The standard InChI is InChI=1S/C43H60N8O12/c1-22(46-41(61)34-14-11-19-51(34)43(63)36(27(6)54)50-42(62)35(26(5)53)47-28(7)55)37(57)44-23(2)39(59)49-33(21-29-12-9-8-10-13-29)40(60)45-24(3)38(58)48-32(25(4)52)20-30-15-17-31(56)18-16-30/h8-10,12-13,15-18,22-24,26-27,32-36,53-54,56H,11,14,19-21H2,1-7H3,(H,44,57)(H,45,60)(H,46,61)(H,47,55)(H,48,58)(H,49,59)(H,50,62)/t22-,23-,24-,26+,27+,32-,33-,34-,35-,36-/m0/s1. The highest BCUT2D eigenvalue weighted by Crippen LogP contribution is 2.20. The second-order valence-corrected chi connectivity index (χ2v) is 15.8. The average Bonchev–Trinajstić information content (AvgIpc) is 3.72. The molecule has 0 bridgehead atoms. The van der Waals surface area contributed by atoms with Crippen LogP contribution in [-0.4, -0.2) is 140 Å². The number of rotatable bonds is 21. The van der Waals surface area contributed by atoms with Gasteiger partial charge in [-0.2, -0.15) is 0 Å². The van der Waals surface area contributed by atoms with Gasteiger partial charge in [0.05, 0.1) is 18.2 Å². The van der Waals surface area contributed by atoms with Crippen LogP contribution in [0.1, 0.15) is 72.4 Å². The van der Waals surface area contributed by atoms with E-state index in [1.54, 1.807) is 42.5 Å². The van der Waals surface area contributed by atoms with Crippen molar-refractivity contribution in [2.24, 2.45) is 0 Å². The monoisotopic (exact) mass is 880 g/mol. The number of nitrogens with zero attached hydrogens (tertiary/aromatic N) is 1. The van der Waals surface area contributed by atoms with E-state index >= 15 is 0 Å². The first-order valence-corrected chi connectivity index (χ1v) is 20.7. The van der Waals surface area contributed by atoms with Crippen LogP contribution in [0, 0.1) is 0 Å². The van der Waals surface area contributed by atoms with Crippen LogP contribution in [0.2, 0.25) is 0 Å². The first kappa shape index (κ1) is 50.9. The van der Waals surface area contributed by atoms with Gasteiger partial charge in [-0.1, -0.05) is 42.5 Å². The summed E-state index contributed by atoms with van der Waals surface area (Å²) in [5.41, 5.74) is 1.35. The highest BCUT2D eigenvalue weighted by atomic mass is 16.3. The van der Waals surface area contributed by atoms with Crippen LogP contribution in [0.15, 0.2) is 54.6 Å². The van der Waals surface area contributed by atoms with E-state index in [4.69, 9.17) is 0 Å². The highest BCUT2D eigenvalue weighted by molar-refractivity contribution is 5.98. The Labute approximate surface area is 365 Å². The lowest BCUT2D eigenvalue weighted by Crippen LogP contribution is -2.61. The molecule has 1 aliphatic heterocycles. The minimum absolute atomic E-state index is 0.00342. The molecule has 20 nitrogen and oxygen atoms in total. The van der Waals surface area contributed by atoms with Crippen LogP contribution in [0.3, 0.4) is 0 Å². The summed E-state index contributed by atoms with van der Waals surface area (Å²) in [7, 11) is 0. The molecule has 10 atom stereocenters. The molecule has 1 aliphatic rings. The second-order valence-electron chi connectivity index (χ2n) is 15.8. The summed E-state index contributed by atoms with van der Waals surface area (Å²) in [6.45, 7) is 9.18. The molecule has 0 saturated carbocycles. The van der Waals surface area contributed by atoms with Gasteiger partial charge in [-0.15, -0.1) is 0 Å². The van der Waals surface area contributed by atoms with Gasteiger partial charge in [-0.25, -0.2) is 0 Å². The van der Waals surface area contributed by atoms with Crippen LogP contribution < -0.4 is 37.2 Å². The predicted molar refractivity (Wildman–Crippen MR) is 227 cm³/mol. The average molecular weight is 881 g/mol. The van der Waals surface area contributed by atoms with Crippen molar-refractivity contribution in [2.75, 3.05) is 6.54 Å². The summed E-state index contributed by atoms with van der Waals surface area (Å²) < 4.78 is 0. The number of hydrogen-bond acceptors (Lipinski definition) is 12. The van der Waals surface area contributed by atoms with Crippen molar-refractivity contribution in [2.45, 2.75) is 135 Å². The lowest BCUT2D eigenvalue weighted by Gasteiger charge is -2.31. The Balaban J connectivity index is 1.63. The number of phenols is 1. The number of aliphatic hydroxyl groups excluding tert-OH is 2. The van der Waals surface area contributed by atoms with Crippen molar-refractivity contribution >= 4 is 53.0 Å². The number of phenolic OH excluding ortho intramolecular Hbond substituents is 1. The van der Waals surface area contributed by atoms with Crippen LogP contribution in [0.4, 0.5) is 0 Å². The van der Waals surface area contributed by atoms with Crippen molar-refractivity contribution in [1.82, 2.24) is 42.1 Å². The number of aromatic hydroxyl groups is 1. The third-order valence-electron chi connectivity index (χ3n) is 10.4. The molecule has 8 amide bonds. The third kappa shape index (κ3) is 15.5. The maximum absolute atomic E-state index is 13.6. The van der Waals surface area contributed by atoms with Crippen LogP contribution in [-0.2, 0) is 56.0 Å². The minimum Gasteiger partial charge on any atom is -0.508 e. The number of hydrogen-bond donors (Lipinski definition) is 10. The Hall–Kier alpha value is -6.41. The fraction of sp³-hybridized carbons (Fsp3) is 0.512. The van der Waals surface area contributed by atoms with E-state index in [-0.39, 0.29) is 37.3 Å². The van der Waals surface area contributed by atoms with E-state index < -0.39 is 108 Å². The molecule has 1 saturated heterocycles. The van der Waals surface area contributed by atoms with Gasteiger partial charge in [0.25, 0.3) is 0 Å². The lowest BCUT2D eigenvalue weighted by atomic mass is 10.0. The zero-order valence-corrected chi connectivity index (χ0v) is 36.5. The molecule has 2 aromatic rings. The number of aliphatic hydroxyl groups is 2. The van der Waals surface area contributed by atoms with Gasteiger partial charge in [0.2, 0.25) is 47.3 Å². The zero-order chi connectivity index (χ0) is 47.1. The SMILES string of the molecule is CC(=O)N[C@H](C(=O)N[C@H](C(=O)N1CCC[C@H]1C(=O)N[C@@H](C)C(=O)N[C@@H](C)C(=O)N[C@@H](Cc1ccccc1)C(=O)N[C@@H](C)C(=O)N[C@@H](Cc1ccc(O)cc1)C(C)=O)[C@@H](C)O)[C@@H](C)O. The van der Waals surface area contributed by atoms with Gasteiger partial charge >= 0.3 is 0 Å². The van der Waals surface area contributed by atoms with Gasteiger partial charge in [0.1, 0.15) is 48.0 Å². The van der Waals surface area contributed by atoms with Crippen molar-refractivity contribution in [3.05, 3.63) is 65.7 Å². The summed E-state index contributed by atoms with van der Waals surface area (Å²) in [6.07, 6.45) is -2.07. The van der Waals surface area contributed by atoms with Crippen molar-refractivity contribution in [3.8, 4) is 5.75 Å². The molecule has 20 heteroatoms. The second kappa shape index (κ2) is 23.7. The number of likely N-dealkylation sites (tertiary alicyclic amines) is 1. The van der Waals surface area contributed by atoms with Gasteiger partial charge in [0.15, 0.2) is 5.78 Å². The number of benzene rings is 2. The number of ketones is 1. The Morgan fingerprint density at radius 3 is 1.62 bits per heavy atom. The Morgan fingerprint density at radius 2 is 1.08 bits per heavy atom. The van der Waals surface area contributed by atoms with E-state index in [1.807, 2.05) is 0 Å². The zero-order valence-electron chi connectivity index (χ0n) is 36.5. The summed E-state index contributed by atoms with van der Waals surface area (Å²) in [5, 5.41) is 47.5. The maximum Gasteiger partial charge on any atom is 0.248 e. The molecule has 1 heterocycles. The summed E-state index contributed by atoms with van der Waals surface area (Å²) in [5.74, 6) is -6.30. The molecule has 10 N–H and O–H groups in total. The molecule has 0 aromatic heterocycles. The van der Waals surface area contributed by atoms with E-state index in [9.17, 15) is 58.5 Å². The van der Waals surface area contributed by atoms with Gasteiger partial charge < -0.3 is 57.4 Å². The number of amides is 8. The quantitative estimate of drug-likeness (QED) is 0.0651. The lowest BCUT2D eigenvalue weighted by molar-refractivity contribution is -0.145. The fourth-order valence-electron chi connectivity index (χ4n) is 6.71. The molecule has 63 heavy (non-hydrogen) atoms. The topological polar surface area (TPSA) is 302 Å². The largest absolute Gasteiger partial charge is 0.508 e. The van der Waals surface area contributed by atoms with Crippen molar-refractivity contribution < 1.29 is 58.5 Å². The molecule has 0 radical (unpaired) electrons. The molecule has 2 aromatic carbocycles. The summed E-state index contributed by atoms with van der Waals surface area (Å²) in [4.78, 5) is 119. The van der Waals surface area contributed by atoms with Crippen molar-refractivity contribution in [1.29, 1.82) is 0 Å². The van der Waals surface area contributed by atoms with E-state index in [0.29, 0.717) is 17.5 Å². The molecule has 3 rings (SSSR count). The Kier molecular flexibility index (Phi) is 19.2. The highest BCUT2D eigenvalue weighted by Gasteiger charge is 2.41. The molecule has 0 aliphatic carbocycles. The van der Waals surface area contributed by atoms with Crippen LogP contribution >= 0.6 is 0 Å². The first-order chi connectivity index (χ1) is 29.6. The molecule has 0 unspecified atom stereocenters. The number of carbonyl (C=O) groups is 9. The Morgan fingerprint density at radius 1 is 0.587 bits per heavy atom. The number of carbonyl (C=O) groups excluding carboxylic acids is 9.